The van der Waals surface area contributed by atoms with E-state index in [0.717, 1.165) is 37.1 Å². The van der Waals surface area contributed by atoms with Crippen LogP contribution in [0.4, 0.5) is 5.82 Å². The second-order valence-electron chi connectivity index (χ2n) is 6.49. The van der Waals surface area contributed by atoms with E-state index in [4.69, 9.17) is 0 Å². The number of hydrogen-bond acceptors (Lipinski definition) is 6. The van der Waals surface area contributed by atoms with Crippen LogP contribution in [0.3, 0.4) is 0 Å². The molecule has 0 radical (unpaired) electrons. The maximum absolute atomic E-state index is 11.8. The minimum atomic E-state index is 0.0144. The van der Waals surface area contributed by atoms with Crippen molar-refractivity contribution in [2.24, 2.45) is 4.99 Å². The van der Waals surface area contributed by atoms with E-state index >= 15 is 0 Å². The number of amides is 1. The normalized spacial score (nSPS) is 18.3. The number of hydrogen-bond donors (Lipinski definition) is 1. The van der Waals surface area contributed by atoms with Crippen molar-refractivity contribution in [1.29, 1.82) is 0 Å². The van der Waals surface area contributed by atoms with E-state index in [1.165, 1.54) is 0 Å². The summed E-state index contributed by atoms with van der Waals surface area (Å²) in [6.45, 7) is 4.70. The van der Waals surface area contributed by atoms with Crippen LogP contribution >= 0.6 is 0 Å². The predicted molar refractivity (Wildman–Crippen MR) is 99.2 cm³/mol. The summed E-state index contributed by atoms with van der Waals surface area (Å²) < 4.78 is 1.87. The summed E-state index contributed by atoms with van der Waals surface area (Å²) >= 11 is 0. The van der Waals surface area contributed by atoms with Crippen LogP contribution in [0.25, 0.3) is 5.65 Å². The van der Waals surface area contributed by atoms with E-state index in [2.05, 4.69) is 42.2 Å². The molecule has 26 heavy (non-hydrogen) atoms. The highest BCUT2D eigenvalue weighted by atomic mass is 16.2. The van der Waals surface area contributed by atoms with Crippen molar-refractivity contribution < 1.29 is 4.79 Å². The number of fused-ring (bicyclic) bond motifs is 1. The van der Waals surface area contributed by atoms with E-state index < -0.39 is 0 Å². The lowest BCUT2D eigenvalue weighted by Crippen LogP contribution is -2.57. The molecule has 0 aromatic carbocycles. The van der Waals surface area contributed by atoms with Crippen LogP contribution in [-0.4, -0.2) is 94.6 Å². The van der Waals surface area contributed by atoms with Gasteiger partial charge in [0, 0.05) is 59.2 Å². The quantitative estimate of drug-likeness (QED) is 0.572. The largest absolute Gasteiger partial charge is 0.347 e. The van der Waals surface area contributed by atoms with Gasteiger partial charge in [0.15, 0.2) is 11.8 Å². The molecule has 10 heteroatoms. The first-order chi connectivity index (χ1) is 12.5. The van der Waals surface area contributed by atoms with Crippen molar-refractivity contribution in [2.45, 2.75) is 13.0 Å². The molecule has 1 N–H and O–H groups in total. The second kappa shape index (κ2) is 7.54. The lowest BCUT2D eigenvalue weighted by atomic mass is 10.2. The van der Waals surface area contributed by atoms with Crippen molar-refractivity contribution in [2.75, 3.05) is 52.2 Å². The Labute approximate surface area is 152 Å². The Morgan fingerprint density at radius 2 is 2.23 bits per heavy atom. The molecular weight excluding hydrogens is 334 g/mol. The number of nitrogens with zero attached hydrogens (tertiary/aromatic N) is 8. The fourth-order valence-electron chi connectivity index (χ4n) is 3.06. The van der Waals surface area contributed by atoms with E-state index in [-0.39, 0.29) is 18.5 Å². The van der Waals surface area contributed by atoms with Crippen LogP contribution in [-0.2, 0) is 4.79 Å². The van der Waals surface area contributed by atoms with E-state index in [0.29, 0.717) is 0 Å². The van der Waals surface area contributed by atoms with Gasteiger partial charge >= 0.3 is 0 Å². The summed E-state index contributed by atoms with van der Waals surface area (Å²) in [7, 11) is 5.22. The maximum Gasteiger partial charge on any atom is 0.241 e. The number of piperazine rings is 1. The van der Waals surface area contributed by atoms with Gasteiger partial charge in [-0.3, -0.25) is 14.2 Å². The average molecular weight is 359 g/mol. The highest BCUT2D eigenvalue weighted by molar-refractivity contribution is 5.86. The Hall–Kier alpha value is -2.91. The molecule has 1 aliphatic heterocycles. The molecule has 0 bridgehead atoms. The van der Waals surface area contributed by atoms with Gasteiger partial charge in [0.2, 0.25) is 11.6 Å². The number of guanidine groups is 1. The molecule has 2 aromatic rings. The Morgan fingerprint density at radius 1 is 1.42 bits per heavy atom. The third kappa shape index (κ3) is 3.53. The Balaban J connectivity index is 1.68. The van der Waals surface area contributed by atoms with E-state index in [1.54, 1.807) is 38.6 Å². The predicted octanol–water partition coefficient (Wildman–Crippen LogP) is -0.702. The molecule has 140 valence electrons. The van der Waals surface area contributed by atoms with Crippen molar-refractivity contribution in [1.82, 2.24) is 34.7 Å². The van der Waals surface area contributed by atoms with Gasteiger partial charge in [0.25, 0.3) is 0 Å². The van der Waals surface area contributed by atoms with Crippen molar-refractivity contribution in [3.8, 4) is 0 Å². The van der Waals surface area contributed by atoms with Crippen LogP contribution in [0.5, 0.6) is 0 Å². The van der Waals surface area contributed by atoms with Crippen molar-refractivity contribution in [3.63, 3.8) is 0 Å². The van der Waals surface area contributed by atoms with Crippen LogP contribution in [0, 0.1) is 0 Å². The molecule has 2 aromatic heterocycles. The lowest BCUT2D eigenvalue weighted by molar-refractivity contribution is -0.127. The zero-order valence-corrected chi connectivity index (χ0v) is 15.6. The molecule has 1 atom stereocenters. The molecule has 3 rings (SSSR count). The smallest absolute Gasteiger partial charge is 0.241 e. The summed E-state index contributed by atoms with van der Waals surface area (Å²) in [5, 5.41) is 11.3. The van der Waals surface area contributed by atoms with Gasteiger partial charge in [-0.15, -0.1) is 10.2 Å². The second-order valence-corrected chi connectivity index (χ2v) is 6.49. The Bertz CT molecular complexity index is 800. The Kier molecular flexibility index (Phi) is 5.19. The monoisotopic (exact) mass is 359 g/mol. The third-order valence-corrected chi connectivity index (χ3v) is 4.50. The van der Waals surface area contributed by atoms with Gasteiger partial charge in [-0.1, -0.05) is 0 Å². The number of carbonyl (C=O) groups excluding carboxylic acids is 1. The Morgan fingerprint density at radius 3 is 2.92 bits per heavy atom. The van der Waals surface area contributed by atoms with Gasteiger partial charge in [0.1, 0.15) is 6.33 Å². The summed E-state index contributed by atoms with van der Waals surface area (Å²) in [5.74, 6) is 1.59. The molecule has 1 unspecified atom stereocenters. The summed E-state index contributed by atoms with van der Waals surface area (Å²) in [6.07, 6.45) is 5.28. The zero-order valence-electron chi connectivity index (χ0n) is 15.6. The third-order valence-electron chi connectivity index (χ3n) is 4.50. The van der Waals surface area contributed by atoms with Gasteiger partial charge in [0.05, 0.1) is 6.54 Å². The minimum Gasteiger partial charge on any atom is -0.347 e. The standard InChI is InChI=1S/C16H25N9O/c1-12-10-23(16(17-2)19-9-13(26)22(3)4)7-8-25(12)14-15-21-20-11-24(15)6-5-18-14/h5-6,11-12H,7-10H2,1-4H3,(H,17,19). The first kappa shape index (κ1) is 17.9. The molecule has 0 spiro atoms. The first-order valence-corrected chi connectivity index (χ1v) is 8.58. The number of aromatic nitrogens is 4. The highest BCUT2D eigenvalue weighted by Crippen LogP contribution is 2.21. The molecule has 1 fully saturated rings. The zero-order chi connectivity index (χ0) is 18.7. The fourth-order valence-corrected chi connectivity index (χ4v) is 3.06. The highest BCUT2D eigenvalue weighted by Gasteiger charge is 2.28. The summed E-state index contributed by atoms with van der Waals surface area (Å²) in [5.41, 5.74) is 0.756. The van der Waals surface area contributed by atoms with Gasteiger partial charge < -0.3 is 20.0 Å². The minimum absolute atomic E-state index is 0.0144. The van der Waals surface area contributed by atoms with Crippen LogP contribution in [0.1, 0.15) is 6.92 Å². The van der Waals surface area contributed by atoms with E-state index in [1.807, 2.05) is 10.6 Å². The fraction of sp³-hybridized carbons (Fsp3) is 0.562. The molecule has 0 saturated carbocycles. The number of anilines is 1. The van der Waals surface area contributed by atoms with Crippen molar-refractivity contribution >= 4 is 23.3 Å². The topological polar surface area (TPSA) is 94.3 Å². The van der Waals surface area contributed by atoms with Gasteiger partial charge in [-0.05, 0) is 6.92 Å². The van der Waals surface area contributed by atoms with Crippen LogP contribution in [0.2, 0.25) is 0 Å². The average Bonchev–Trinajstić information content (AvgIpc) is 3.11. The molecule has 1 aliphatic rings. The van der Waals surface area contributed by atoms with Crippen LogP contribution in [0.15, 0.2) is 23.7 Å². The number of nitrogens with one attached hydrogen (secondary N) is 1. The number of aliphatic imine (C=N–C) groups is 1. The SMILES string of the molecule is CN=C(NCC(=O)N(C)C)N1CCN(c2nccn3cnnc23)C(C)C1. The van der Waals surface area contributed by atoms with E-state index in [9.17, 15) is 4.79 Å². The molecule has 1 saturated heterocycles. The number of carbonyl (C=O) groups is 1. The number of likely N-dealkylation sites (N-methyl/N-ethyl adjacent to an activating group) is 1. The summed E-state index contributed by atoms with van der Waals surface area (Å²) in [6, 6.07) is 0.210. The van der Waals surface area contributed by atoms with Crippen molar-refractivity contribution in [3.05, 3.63) is 18.7 Å². The summed E-state index contributed by atoms with van der Waals surface area (Å²) in [4.78, 5) is 26.6. The van der Waals surface area contributed by atoms with Gasteiger partial charge in [-0.25, -0.2) is 4.98 Å². The molecule has 3 heterocycles. The molecule has 10 nitrogen and oxygen atoms in total. The number of rotatable bonds is 3. The van der Waals surface area contributed by atoms with Gasteiger partial charge in [-0.2, -0.15) is 0 Å². The maximum atomic E-state index is 11.8. The lowest BCUT2D eigenvalue weighted by Gasteiger charge is -2.41. The first-order valence-electron chi connectivity index (χ1n) is 8.58. The molecule has 1 amide bonds. The molecule has 0 aliphatic carbocycles. The van der Waals surface area contributed by atoms with Crippen LogP contribution < -0.4 is 10.2 Å². The molecular formula is C16H25N9O.